The van der Waals surface area contributed by atoms with E-state index in [1.807, 2.05) is 23.1 Å². The van der Waals surface area contributed by atoms with Crippen molar-refractivity contribution in [1.82, 2.24) is 9.88 Å². The lowest BCUT2D eigenvalue weighted by Crippen LogP contribution is -2.53. The molecule has 0 aliphatic carbocycles. The van der Waals surface area contributed by atoms with Crippen molar-refractivity contribution in [2.24, 2.45) is 5.73 Å². The fourth-order valence-corrected chi connectivity index (χ4v) is 2.48. The van der Waals surface area contributed by atoms with Crippen LogP contribution in [0.4, 0.5) is 5.82 Å². The van der Waals surface area contributed by atoms with Gasteiger partial charge in [-0.15, -0.1) is 0 Å². The van der Waals surface area contributed by atoms with E-state index in [1.165, 1.54) is 0 Å². The molecule has 1 aliphatic rings. The predicted molar refractivity (Wildman–Crippen MR) is 80.5 cm³/mol. The van der Waals surface area contributed by atoms with Gasteiger partial charge in [0.1, 0.15) is 5.82 Å². The standard InChI is InChI=1S/C15H24N4O/c1-2-3-6-13(16)15(20)19-11-9-18(10-12-19)14-7-4-5-8-17-14/h4-5,7-8,13H,2-3,6,9-12,16H2,1H3/t13-/m0/s1. The second kappa shape index (κ2) is 7.24. The van der Waals surface area contributed by atoms with Crippen molar-refractivity contribution in [3.05, 3.63) is 24.4 Å². The highest BCUT2D eigenvalue weighted by Crippen LogP contribution is 2.13. The molecule has 0 aromatic carbocycles. The van der Waals surface area contributed by atoms with Crippen LogP contribution in [0.25, 0.3) is 0 Å². The Hall–Kier alpha value is -1.62. The molecule has 1 aromatic rings. The molecule has 0 unspecified atom stereocenters. The Bertz CT molecular complexity index is 415. The zero-order valence-corrected chi connectivity index (χ0v) is 12.2. The summed E-state index contributed by atoms with van der Waals surface area (Å²) in [5.74, 6) is 1.08. The molecular formula is C15H24N4O. The summed E-state index contributed by atoms with van der Waals surface area (Å²) in [5, 5.41) is 0. The largest absolute Gasteiger partial charge is 0.353 e. The molecule has 1 fully saturated rings. The number of rotatable bonds is 5. The van der Waals surface area contributed by atoms with E-state index in [2.05, 4.69) is 16.8 Å². The molecule has 0 spiro atoms. The number of aromatic nitrogens is 1. The summed E-state index contributed by atoms with van der Waals surface area (Å²) in [6, 6.07) is 5.57. The summed E-state index contributed by atoms with van der Waals surface area (Å²) in [6.45, 7) is 5.22. The summed E-state index contributed by atoms with van der Waals surface area (Å²) in [5.41, 5.74) is 5.96. The highest BCUT2D eigenvalue weighted by atomic mass is 16.2. The van der Waals surface area contributed by atoms with Crippen LogP contribution in [0.3, 0.4) is 0 Å². The fourth-order valence-electron chi connectivity index (χ4n) is 2.48. The zero-order chi connectivity index (χ0) is 14.4. The number of unbranched alkanes of at least 4 members (excludes halogenated alkanes) is 1. The van der Waals surface area contributed by atoms with Gasteiger partial charge in [-0.25, -0.2) is 4.98 Å². The highest BCUT2D eigenvalue weighted by molar-refractivity contribution is 5.81. The minimum atomic E-state index is -0.337. The first-order valence-electron chi connectivity index (χ1n) is 7.42. The molecule has 5 nitrogen and oxygen atoms in total. The Morgan fingerprint density at radius 1 is 1.35 bits per heavy atom. The Morgan fingerprint density at radius 2 is 2.10 bits per heavy atom. The number of hydrogen-bond acceptors (Lipinski definition) is 4. The number of pyridine rings is 1. The SMILES string of the molecule is CCCC[C@H](N)C(=O)N1CCN(c2ccccn2)CC1. The normalized spacial score (nSPS) is 17.1. The van der Waals surface area contributed by atoms with Gasteiger partial charge in [0.2, 0.25) is 5.91 Å². The third-order valence-electron chi connectivity index (χ3n) is 3.75. The van der Waals surface area contributed by atoms with Crippen LogP contribution >= 0.6 is 0 Å². The molecule has 0 radical (unpaired) electrons. The average Bonchev–Trinajstić information content (AvgIpc) is 2.53. The second-order valence-corrected chi connectivity index (χ2v) is 5.25. The molecule has 110 valence electrons. The number of hydrogen-bond donors (Lipinski definition) is 1. The molecule has 1 amide bonds. The van der Waals surface area contributed by atoms with Gasteiger partial charge in [-0.1, -0.05) is 25.8 Å². The van der Waals surface area contributed by atoms with Gasteiger partial charge in [0.25, 0.3) is 0 Å². The maximum absolute atomic E-state index is 12.2. The Labute approximate surface area is 120 Å². The van der Waals surface area contributed by atoms with Gasteiger partial charge < -0.3 is 15.5 Å². The summed E-state index contributed by atoms with van der Waals surface area (Å²) in [4.78, 5) is 20.7. The van der Waals surface area contributed by atoms with Crippen molar-refractivity contribution in [3.8, 4) is 0 Å². The van der Waals surface area contributed by atoms with Crippen molar-refractivity contribution < 1.29 is 4.79 Å². The minimum absolute atomic E-state index is 0.0964. The zero-order valence-electron chi connectivity index (χ0n) is 12.2. The monoisotopic (exact) mass is 276 g/mol. The van der Waals surface area contributed by atoms with Gasteiger partial charge in [0, 0.05) is 32.4 Å². The Kier molecular flexibility index (Phi) is 5.35. The molecule has 0 bridgehead atoms. The van der Waals surface area contributed by atoms with Gasteiger partial charge in [0.15, 0.2) is 0 Å². The fraction of sp³-hybridized carbons (Fsp3) is 0.600. The van der Waals surface area contributed by atoms with E-state index in [0.29, 0.717) is 0 Å². The Morgan fingerprint density at radius 3 is 2.70 bits per heavy atom. The second-order valence-electron chi connectivity index (χ2n) is 5.25. The lowest BCUT2D eigenvalue weighted by atomic mass is 10.1. The van der Waals surface area contributed by atoms with Crippen LogP contribution in [0.2, 0.25) is 0 Å². The van der Waals surface area contributed by atoms with E-state index >= 15 is 0 Å². The van der Waals surface area contributed by atoms with Crippen molar-refractivity contribution >= 4 is 11.7 Å². The van der Waals surface area contributed by atoms with Crippen LogP contribution < -0.4 is 10.6 Å². The number of amides is 1. The van der Waals surface area contributed by atoms with Crippen LogP contribution in [0, 0.1) is 0 Å². The topological polar surface area (TPSA) is 62.5 Å². The number of anilines is 1. The van der Waals surface area contributed by atoms with Gasteiger partial charge >= 0.3 is 0 Å². The third kappa shape index (κ3) is 3.70. The highest BCUT2D eigenvalue weighted by Gasteiger charge is 2.25. The smallest absolute Gasteiger partial charge is 0.239 e. The van der Waals surface area contributed by atoms with Crippen LogP contribution in [-0.4, -0.2) is 48.0 Å². The van der Waals surface area contributed by atoms with E-state index in [-0.39, 0.29) is 11.9 Å². The quantitative estimate of drug-likeness (QED) is 0.879. The first kappa shape index (κ1) is 14.8. The van der Waals surface area contributed by atoms with Gasteiger partial charge in [0.05, 0.1) is 6.04 Å². The molecule has 2 N–H and O–H groups in total. The van der Waals surface area contributed by atoms with E-state index in [1.54, 1.807) is 6.20 Å². The van der Waals surface area contributed by atoms with Crippen molar-refractivity contribution in [3.63, 3.8) is 0 Å². The number of piperazine rings is 1. The lowest BCUT2D eigenvalue weighted by molar-refractivity contribution is -0.133. The molecule has 2 heterocycles. The molecule has 1 aliphatic heterocycles. The van der Waals surface area contributed by atoms with E-state index in [4.69, 9.17) is 5.73 Å². The molecule has 0 saturated carbocycles. The van der Waals surface area contributed by atoms with Gasteiger partial charge in [-0.3, -0.25) is 4.79 Å². The number of carbonyl (C=O) groups is 1. The Balaban J connectivity index is 1.83. The molecule has 1 aromatic heterocycles. The summed E-state index contributed by atoms with van der Waals surface area (Å²) in [7, 11) is 0. The number of nitrogens with zero attached hydrogens (tertiary/aromatic N) is 3. The average molecular weight is 276 g/mol. The van der Waals surface area contributed by atoms with Crippen LogP contribution in [0.15, 0.2) is 24.4 Å². The van der Waals surface area contributed by atoms with Crippen LogP contribution in [0.1, 0.15) is 26.2 Å². The van der Waals surface area contributed by atoms with Crippen molar-refractivity contribution in [1.29, 1.82) is 0 Å². The summed E-state index contributed by atoms with van der Waals surface area (Å²) in [6.07, 6.45) is 4.68. The molecule has 1 atom stereocenters. The van der Waals surface area contributed by atoms with Crippen LogP contribution in [0.5, 0.6) is 0 Å². The molecule has 20 heavy (non-hydrogen) atoms. The lowest BCUT2D eigenvalue weighted by Gasteiger charge is -2.36. The van der Waals surface area contributed by atoms with Gasteiger partial charge in [-0.05, 0) is 18.6 Å². The van der Waals surface area contributed by atoms with E-state index < -0.39 is 0 Å². The third-order valence-corrected chi connectivity index (χ3v) is 3.75. The van der Waals surface area contributed by atoms with Crippen LogP contribution in [-0.2, 0) is 4.79 Å². The molecule has 1 saturated heterocycles. The number of carbonyl (C=O) groups excluding carboxylic acids is 1. The first-order chi connectivity index (χ1) is 9.72. The number of nitrogens with two attached hydrogens (primary N) is 1. The summed E-state index contributed by atoms with van der Waals surface area (Å²) >= 11 is 0. The van der Waals surface area contributed by atoms with E-state index in [0.717, 1.165) is 51.3 Å². The maximum atomic E-state index is 12.2. The van der Waals surface area contributed by atoms with Gasteiger partial charge in [-0.2, -0.15) is 0 Å². The van der Waals surface area contributed by atoms with Crippen molar-refractivity contribution in [2.45, 2.75) is 32.2 Å². The summed E-state index contributed by atoms with van der Waals surface area (Å²) < 4.78 is 0. The molecule has 2 rings (SSSR count). The first-order valence-corrected chi connectivity index (χ1v) is 7.42. The minimum Gasteiger partial charge on any atom is -0.353 e. The molecular weight excluding hydrogens is 252 g/mol. The molecule has 5 heteroatoms. The van der Waals surface area contributed by atoms with E-state index in [9.17, 15) is 4.79 Å². The maximum Gasteiger partial charge on any atom is 0.239 e. The van der Waals surface area contributed by atoms with Crippen molar-refractivity contribution in [2.75, 3.05) is 31.1 Å². The predicted octanol–water partition coefficient (Wildman–Crippen LogP) is 1.25.